The molecule has 7 nitrogen and oxygen atoms in total. The summed E-state index contributed by atoms with van der Waals surface area (Å²) in [6.07, 6.45) is 0. The Balaban J connectivity index is 3.28. The molecule has 100 valence electrons. The standard InChI is InChI=1S/C10H15N3O4S/c1-5(2)12-9(18-7(4)10(14)15)8(13(16)17)6(3)11-12/h5,7H,1-4H3,(H,14,15). The first-order chi connectivity index (χ1) is 8.25. The van der Waals surface area contributed by atoms with Crippen LogP contribution in [0.3, 0.4) is 0 Å². The summed E-state index contributed by atoms with van der Waals surface area (Å²) in [4.78, 5) is 21.4. The van der Waals surface area contributed by atoms with E-state index in [0.29, 0.717) is 10.7 Å². The zero-order valence-electron chi connectivity index (χ0n) is 10.6. The van der Waals surface area contributed by atoms with Crippen LogP contribution >= 0.6 is 11.8 Å². The molecule has 1 heterocycles. The molecule has 1 aromatic rings. The lowest BCUT2D eigenvalue weighted by Gasteiger charge is -2.11. The quantitative estimate of drug-likeness (QED) is 0.502. The van der Waals surface area contributed by atoms with Gasteiger partial charge in [0, 0.05) is 6.04 Å². The van der Waals surface area contributed by atoms with Crippen LogP contribution in [0.4, 0.5) is 5.69 Å². The number of aryl methyl sites for hydroxylation is 1. The molecule has 1 rings (SSSR count). The van der Waals surface area contributed by atoms with E-state index in [4.69, 9.17) is 5.11 Å². The van der Waals surface area contributed by atoms with Crippen molar-refractivity contribution >= 4 is 23.4 Å². The van der Waals surface area contributed by atoms with Gasteiger partial charge in [0.05, 0.1) is 4.92 Å². The zero-order valence-corrected chi connectivity index (χ0v) is 11.4. The Morgan fingerprint density at radius 2 is 2.06 bits per heavy atom. The first kappa shape index (κ1) is 14.5. The van der Waals surface area contributed by atoms with E-state index in [9.17, 15) is 14.9 Å². The maximum Gasteiger partial charge on any atom is 0.323 e. The van der Waals surface area contributed by atoms with E-state index < -0.39 is 16.1 Å². The molecular formula is C10H15N3O4S. The van der Waals surface area contributed by atoms with Crippen LogP contribution < -0.4 is 0 Å². The molecule has 0 fully saturated rings. The van der Waals surface area contributed by atoms with Gasteiger partial charge in [0.25, 0.3) is 0 Å². The van der Waals surface area contributed by atoms with Gasteiger partial charge in [-0.05, 0) is 27.7 Å². The fourth-order valence-corrected chi connectivity index (χ4v) is 2.53. The number of aromatic nitrogens is 2. The number of aliphatic carboxylic acids is 1. The van der Waals surface area contributed by atoms with E-state index in [-0.39, 0.29) is 11.7 Å². The van der Waals surface area contributed by atoms with Crippen LogP contribution in [0.25, 0.3) is 0 Å². The molecule has 0 saturated heterocycles. The Kier molecular flexibility index (Phi) is 4.33. The number of carboxylic acid groups (broad SMARTS) is 1. The topological polar surface area (TPSA) is 98.3 Å². The van der Waals surface area contributed by atoms with Gasteiger partial charge in [0.2, 0.25) is 0 Å². The maximum atomic E-state index is 11.0. The molecule has 0 radical (unpaired) electrons. The fourth-order valence-electron chi connectivity index (χ4n) is 1.41. The Labute approximate surface area is 108 Å². The third-order valence-electron chi connectivity index (χ3n) is 2.32. The highest BCUT2D eigenvalue weighted by Gasteiger charge is 2.29. The lowest BCUT2D eigenvalue weighted by atomic mass is 10.4. The highest BCUT2D eigenvalue weighted by Crippen LogP contribution is 2.36. The lowest BCUT2D eigenvalue weighted by Crippen LogP contribution is -2.14. The predicted molar refractivity (Wildman–Crippen MR) is 67.0 cm³/mol. The summed E-state index contributed by atoms with van der Waals surface area (Å²) in [6, 6.07) is -0.0686. The Morgan fingerprint density at radius 1 is 1.50 bits per heavy atom. The smallest absolute Gasteiger partial charge is 0.323 e. The molecule has 0 amide bonds. The molecule has 0 aliphatic rings. The minimum atomic E-state index is -1.01. The van der Waals surface area contributed by atoms with Gasteiger partial charge in [-0.3, -0.25) is 14.9 Å². The highest BCUT2D eigenvalue weighted by atomic mass is 32.2. The second kappa shape index (κ2) is 5.38. The molecule has 0 saturated carbocycles. The number of nitrogens with zero attached hydrogens (tertiary/aromatic N) is 3. The second-order valence-electron chi connectivity index (χ2n) is 4.13. The Morgan fingerprint density at radius 3 is 2.44 bits per heavy atom. The number of carbonyl (C=O) groups is 1. The molecule has 8 heteroatoms. The van der Waals surface area contributed by atoms with E-state index in [1.54, 1.807) is 6.92 Å². The number of hydrogen-bond acceptors (Lipinski definition) is 5. The van der Waals surface area contributed by atoms with Crippen molar-refractivity contribution < 1.29 is 14.8 Å². The third-order valence-corrected chi connectivity index (χ3v) is 3.48. The van der Waals surface area contributed by atoms with Crippen molar-refractivity contribution in [2.24, 2.45) is 0 Å². The first-order valence-corrected chi connectivity index (χ1v) is 6.26. The molecular weight excluding hydrogens is 258 g/mol. The normalized spacial score (nSPS) is 12.7. The molecule has 0 spiro atoms. The summed E-state index contributed by atoms with van der Waals surface area (Å²) in [5.74, 6) is -1.01. The van der Waals surface area contributed by atoms with E-state index in [1.807, 2.05) is 13.8 Å². The van der Waals surface area contributed by atoms with Crippen molar-refractivity contribution in [2.45, 2.75) is 44.0 Å². The lowest BCUT2D eigenvalue weighted by molar-refractivity contribution is -0.388. The van der Waals surface area contributed by atoms with E-state index in [1.165, 1.54) is 11.6 Å². The van der Waals surface area contributed by atoms with Crippen molar-refractivity contribution in [3.63, 3.8) is 0 Å². The van der Waals surface area contributed by atoms with Crippen molar-refractivity contribution in [2.75, 3.05) is 0 Å². The van der Waals surface area contributed by atoms with E-state index >= 15 is 0 Å². The minimum absolute atomic E-state index is 0.0686. The monoisotopic (exact) mass is 273 g/mol. The molecule has 0 bridgehead atoms. The Hall–Kier alpha value is -1.57. The fraction of sp³-hybridized carbons (Fsp3) is 0.600. The van der Waals surface area contributed by atoms with Crippen LogP contribution in [0.1, 0.15) is 32.5 Å². The predicted octanol–water partition coefficient (Wildman–Crippen LogP) is 2.25. The third kappa shape index (κ3) is 2.81. The zero-order chi connectivity index (χ0) is 14.0. The average Bonchev–Trinajstić information content (AvgIpc) is 2.55. The van der Waals surface area contributed by atoms with Crippen molar-refractivity contribution in [3.8, 4) is 0 Å². The minimum Gasteiger partial charge on any atom is -0.480 e. The maximum absolute atomic E-state index is 11.0. The molecule has 1 atom stereocenters. The largest absolute Gasteiger partial charge is 0.480 e. The van der Waals surface area contributed by atoms with Gasteiger partial charge < -0.3 is 5.11 Å². The van der Waals surface area contributed by atoms with Crippen LogP contribution in [0.15, 0.2) is 5.03 Å². The highest BCUT2D eigenvalue weighted by molar-refractivity contribution is 8.00. The van der Waals surface area contributed by atoms with Crippen LogP contribution in [-0.4, -0.2) is 31.0 Å². The van der Waals surface area contributed by atoms with Crippen molar-refractivity contribution in [1.82, 2.24) is 9.78 Å². The summed E-state index contributed by atoms with van der Waals surface area (Å²) >= 11 is 0.942. The number of carboxylic acids is 1. The first-order valence-electron chi connectivity index (χ1n) is 5.38. The van der Waals surface area contributed by atoms with Gasteiger partial charge in [-0.1, -0.05) is 11.8 Å². The molecule has 1 unspecified atom stereocenters. The van der Waals surface area contributed by atoms with Gasteiger partial charge >= 0.3 is 11.7 Å². The van der Waals surface area contributed by atoms with E-state index in [0.717, 1.165) is 11.8 Å². The van der Waals surface area contributed by atoms with Crippen molar-refractivity contribution in [1.29, 1.82) is 0 Å². The molecule has 0 aliphatic heterocycles. The van der Waals surface area contributed by atoms with E-state index in [2.05, 4.69) is 5.10 Å². The van der Waals surface area contributed by atoms with Gasteiger partial charge in [-0.25, -0.2) is 4.68 Å². The molecule has 0 aliphatic carbocycles. The number of thioether (sulfide) groups is 1. The van der Waals surface area contributed by atoms with Crippen LogP contribution in [-0.2, 0) is 4.79 Å². The average molecular weight is 273 g/mol. The van der Waals surface area contributed by atoms with Crippen LogP contribution in [0.5, 0.6) is 0 Å². The summed E-state index contributed by atoms with van der Waals surface area (Å²) in [6.45, 7) is 6.72. The molecule has 1 N–H and O–H groups in total. The van der Waals surface area contributed by atoms with Gasteiger partial charge in [-0.15, -0.1) is 0 Å². The van der Waals surface area contributed by atoms with Gasteiger partial charge in [-0.2, -0.15) is 5.10 Å². The van der Waals surface area contributed by atoms with Gasteiger partial charge in [0.1, 0.15) is 10.9 Å². The van der Waals surface area contributed by atoms with Crippen molar-refractivity contribution in [3.05, 3.63) is 15.8 Å². The Bertz CT molecular complexity index is 484. The SMILES string of the molecule is Cc1nn(C(C)C)c(SC(C)C(=O)O)c1[N+](=O)[O-]. The van der Waals surface area contributed by atoms with Gasteiger partial charge in [0.15, 0.2) is 5.03 Å². The summed E-state index contributed by atoms with van der Waals surface area (Å²) in [5, 5.41) is 23.5. The molecule has 1 aromatic heterocycles. The number of rotatable bonds is 5. The van der Waals surface area contributed by atoms with Crippen LogP contribution in [0.2, 0.25) is 0 Å². The summed E-state index contributed by atoms with van der Waals surface area (Å²) in [7, 11) is 0. The number of hydrogen-bond donors (Lipinski definition) is 1. The summed E-state index contributed by atoms with van der Waals surface area (Å²) < 4.78 is 1.50. The summed E-state index contributed by atoms with van der Waals surface area (Å²) in [5.41, 5.74) is 0.190. The molecule has 18 heavy (non-hydrogen) atoms. The second-order valence-corrected chi connectivity index (χ2v) is 5.46. The molecule has 0 aromatic carbocycles. The van der Waals surface area contributed by atoms with Crippen LogP contribution in [0, 0.1) is 17.0 Å². The number of nitro groups is 1.